The molecule has 5 aliphatic carbocycles. The predicted molar refractivity (Wildman–Crippen MR) is 107 cm³/mol. The predicted octanol–water partition coefficient (Wildman–Crippen LogP) is 8.05. The van der Waals surface area contributed by atoms with Crippen molar-refractivity contribution in [2.75, 3.05) is 0 Å². The van der Waals surface area contributed by atoms with Gasteiger partial charge in [-0.2, -0.15) is 0 Å². The molecule has 5 rings (SSSR count). The van der Waals surface area contributed by atoms with Gasteiger partial charge in [0.15, 0.2) is 0 Å². The average molecular weight is 343 g/mol. The molecule has 25 heavy (non-hydrogen) atoms. The lowest BCUT2D eigenvalue weighted by Crippen LogP contribution is -2.59. The first-order valence-electron chi connectivity index (χ1n) is 12.3. The molecule has 0 saturated heterocycles. The van der Waals surface area contributed by atoms with E-state index in [9.17, 15) is 0 Å². The van der Waals surface area contributed by atoms with Crippen LogP contribution in [-0.2, 0) is 0 Å². The second-order valence-corrected chi connectivity index (χ2v) is 11.0. The third-order valence-corrected chi connectivity index (χ3v) is 10.4. The van der Waals surface area contributed by atoms with Crippen molar-refractivity contribution in [2.24, 2.45) is 28.1 Å². The summed E-state index contributed by atoms with van der Waals surface area (Å²) in [6.45, 7) is 0. The minimum Gasteiger partial charge on any atom is -0.0533 e. The summed E-state index contributed by atoms with van der Waals surface area (Å²) in [5.74, 6) is 2.26. The maximum atomic E-state index is 1.64. The minimum absolute atomic E-state index is 0.773. The molecule has 0 aromatic rings. The molecule has 0 radical (unpaired) electrons. The molecule has 0 aromatic carbocycles. The van der Waals surface area contributed by atoms with Gasteiger partial charge in [0.05, 0.1) is 0 Å². The van der Waals surface area contributed by atoms with Crippen molar-refractivity contribution in [1.29, 1.82) is 0 Å². The first-order chi connectivity index (χ1) is 12.3. The van der Waals surface area contributed by atoms with Crippen LogP contribution in [0.25, 0.3) is 0 Å². The fourth-order valence-electron chi connectivity index (χ4n) is 9.23. The summed E-state index contributed by atoms with van der Waals surface area (Å²) >= 11 is 0. The first-order valence-corrected chi connectivity index (χ1v) is 12.3. The molecule has 0 unspecified atom stereocenters. The molecule has 5 saturated carbocycles. The number of hydrogen-bond donors (Lipinski definition) is 0. The molecule has 0 bridgehead atoms. The van der Waals surface area contributed by atoms with Gasteiger partial charge in [-0.15, -0.1) is 0 Å². The lowest BCUT2D eigenvalue weighted by atomic mass is 9.37. The summed E-state index contributed by atoms with van der Waals surface area (Å²) in [6, 6.07) is 0. The zero-order valence-corrected chi connectivity index (χ0v) is 16.8. The molecule has 0 nitrogen and oxygen atoms in total. The van der Waals surface area contributed by atoms with Crippen LogP contribution < -0.4 is 0 Å². The quantitative estimate of drug-likeness (QED) is 0.453. The third-order valence-electron chi connectivity index (χ3n) is 10.4. The van der Waals surface area contributed by atoms with E-state index in [2.05, 4.69) is 0 Å². The smallest absolute Gasteiger partial charge is 0.0179 e. The van der Waals surface area contributed by atoms with E-state index in [1.54, 1.807) is 116 Å². The van der Waals surface area contributed by atoms with Gasteiger partial charge in [-0.1, -0.05) is 64.2 Å². The van der Waals surface area contributed by atoms with Crippen LogP contribution in [0.3, 0.4) is 0 Å². The largest absolute Gasteiger partial charge is 0.0533 e. The molecule has 0 N–H and O–H groups in total. The highest BCUT2D eigenvalue weighted by Crippen LogP contribution is 2.78. The van der Waals surface area contributed by atoms with Crippen LogP contribution in [0.15, 0.2) is 0 Å². The Hall–Kier alpha value is 0. The Morgan fingerprint density at radius 1 is 0.360 bits per heavy atom. The van der Waals surface area contributed by atoms with E-state index in [0.29, 0.717) is 0 Å². The van der Waals surface area contributed by atoms with E-state index in [-0.39, 0.29) is 0 Å². The molecule has 142 valence electrons. The fraction of sp³-hybridized carbons (Fsp3) is 1.00. The molecule has 0 amide bonds. The molecule has 0 spiro atoms. The zero-order valence-electron chi connectivity index (χ0n) is 16.8. The highest BCUT2D eigenvalue weighted by molar-refractivity contribution is 5.18. The Morgan fingerprint density at radius 3 is 1.28 bits per heavy atom. The van der Waals surface area contributed by atoms with E-state index < -0.39 is 0 Å². The van der Waals surface area contributed by atoms with Crippen LogP contribution in [0.2, 0.25) is 0 Å². The van der Waals surface area contributed by atoms with Gasteiger partial charge in [-0.05, 0) is 92.3 Å². The Morgan fingerprint density at radius 2 is 0.800 bits per heavy atom. The van der Waals surface area contributed by atoms with E-state index in [1.165, 1.54) is 12.8 Å². The standard InChI is InChI=1S/C25H42/c1-2-5-12-21(11-4-1)23(15-6-3-7-16-23)25(19-8-9-20-25)24(17-10-18-24)22-13-14-22/h21-22H,1-20H2. The molecular weight excluding hydrogens is 300 g/mol. The molecule has 0 heteroatoms. The zero-order chi connectivity index (χ0) is 16.8. The van der Waals surface area contributed by atoms with E-state index >= 15 is 0 Å². The SMILES string of the molecule is C1CCCC(C2(C3(C4(C5CC5)CCC4)CCCC3)CCCCC2)CC1. The van der Waals surface area contributed by atoms with Crippen molar-refractivity contribution >= 4 is 0 Å². The molecule has 0 aromatic heterocycles. The lowest BCUT2D eigenvalue weighted by molar-refractivity contribution is -0.184. The summed E-state index contributed by atoms with van der Waals surface area (Å²) in [4.78, 5) is 0. The fourth-order valence-corrected chi connectivity index (χ4v) is 9.23. The van der Waals surface area contributed by atoms with Crippen LogP contribution in [0.5, 0.6) is 0 Å². The van der Waals surface area contributed by atoms with Crippen molar-refractivity contribution in [3.8, 4) is 0 Å². The van der Waals surface area contributed by atoms with Gasteiger partial charge in [0, 0.05) is 0 Å². The second kappa shape index (κ2) is 6.56. The van der Waals surface area contributed by atoms with Gasteiger partial charge in [-0.3, -0.25) is 0 Å². The van der Waals surface area contributed by atoms with Gasteiger partial charge in [0.25, 0.3) is 0 Å². The molecule has 5 fully saturated rings. The second-order valence-electron chi connectivity index (χ2n) is 11.0. The summed E-state index contributed by atoms with van der Waals surface area (Å²) in [5.41, 5.74) is 2.39. The summed E-state index contributed by atoms with van der Waals surface area (Å²) in [6.07, 6.45) is 31.8. The maximum absolute atomic E-state index is 1.64. The first kappa shape index (κ1) is 17.1. The number of rotatable bonds is 4. The van der Waals surface area contributed by atoms with Gasteiger partial charge in [-0.25, -0.2) is 0 Å². The van der Waals surface area contributed by atoms with Crippen LogP contribution in [0, 0.1) is 28.1 Å². The van der Waals surface area contributed by atoms with Crippen molar-refractivity contribution in [1.82, 2.24) is 0 Å². The van der Waals surface area contributed by atoms with Crippen LogP contribution >= 0.6 is 0 Å². The Labute approximate surface area is 156 Å². The molecule has 5 aliphatic rings. The molecule has 0 atom stereocenters. The minimum atomic E-state index is 0.773. The third kappa shape index (κ3) is 2.44. The van der Waals surface area contributed by atoms with Gasteiger partial charge >= 0.3 is 0 Å². The summed E-state index contributed by atoms with van der Waals surface area (Å²) < 4.78 is 0. The molecular formula is C25H42. The Balaban J connectivity index is 1.57. The van der Waals surface area contributed by atoms with Crippen molar-refractivity contribution in [3.63, 3.8) is 0 Å². The summed E-state index contributed by atoms with van der Waals surface area (Å²) in [7, 11) is 0. The van der Waals surface area contributed by atoms with Crippen LogP contribution in [0.4, 0.5) is 0 Å². The maximum Gasteiger partial charge on any atom is -0.0179 e. The molecule has 0 heterocycles. The highest BCUT2D eigenvalue weighted by Gasteiger charge is 2.69. The normalized spacial score (nSPS) is 35.0. The van der Waals surface area contributed by atoms with E-state index in [0.717, 1.165) is 28.1 Å². The topological polar surface area (TPSA) is 0 Å². The van der Waals surface area contributed by atoms with Crippen molar-refractivity contribution in [2.45, 2.75) is 128 Å². The van der Waals surface area contributed by atoms with Gasteiger partial charge in [0.1, 0.15) is 0 Å². The van der Waals surface area contributed by atoms with Crippen molar-refractivity contribution < 1.29 is 0 Å². The van der Waals surface area contributed by atoms with Crippen molar-refractivity contribution in [3.05, 3.63) is 0 Å². The highest BCUT2D eigenvalue weighted by atomic mass is 14.7. The van der Waals surface area contributed by atoms with E-state index in [1.807, 2.05) is 0 Å². The Kier molecular flexibility index (Phi) is 4.49. The van der Waals surface area contributed by atoms with Gasteiger partial charge < -0.3 is 0 Å². The molecule has 0 aliphatic heterocycles. The van der Waals surface area contributed by atoms with Crippen LogP contribution in [0.1, 0.15) is 128 Å². The van der Waals surface area contributed by atoms with E-state index in [4.69, 9.17) is 0 Å². The Bertz CT molecular complexity index is 446. The summed E-state index contributed by atoms with van der Waals surface area (Å²) in [5, 5.41) is 0. The monoisotopic (exact) mass is 342 g/mol. The average Bonchev–Trinajstić information content (AvgIpc) is 3.38. The number of hydrogen-bond acceptors (Lipinski definition) is 0. The van der Waals surface area contributed by atoms with Gasteiger partial charge in [0.2, 0.25) is 0 Å². The lowest BCUT2D eigenvalue weighted by Gasteiger charge is -2.67. The van der Waals surface area contributed by atoms with Crippen LogP contribution in [-0.4, -0.2) is 0 Å².